The molecular formula is C16H27NO. The van der Waals surface area contributed by atoms with Crippen molar-refractivity contribution in [1.82, 2.24) is 5.32 Å². The SMILES string of the molecule is CNCC(OC(C)CC(C)C)c1cccc(C)c1. The third-order valence-electron chi connectivity index (χ3n) is 3.00. The summed E-state index contributed by atoms with van der Waals surface area (Å²) in [6.45, 7) is 9.61. The van der Waals surface area contributed by atoms with E-state index >= 15 is 0 Å². The Kier molecular flexibility index (Phi) is 6.37. The quantitative estimate of drug-likeness (QED) is 0.795. The van der Waals surface area contributed by atoms with E-state index in [2.05, 4.69) is 57.3 Å². The number of benzene rings is 1. The molecular weight excluding hydrogens is 222 g/mol. The van der Waals surface area contributed by atoms with Crippen LogP contribution in [-0.2, 0) is 4.74 Å². The summed E-state index contributed by atoms with van der Waals surface area (Å²) < 4.78 is 6.18. The highest BCUT2D eigenvalue weighted by Gasteiger charge is 2.15. The first kappa shape index (κ1) is 15.2. The highest BCUT2D eigenvalue weighted by atomic mass is 16.5. The minimum atomic E-state index is 0.142. The lowest BCUT2D eigenvalue weighted by Gasteiger charge is -2.24. The van der Waals surface area contributed by atoms with Gasteiger partial charge in [-0.05, 0) is 38.8 Å². The molecule has 0 heterocycles. The summed E-state index contributed by atoms with van der Waals surface area (Å²) in [5.41, 5.74) is 2.55. The highest BCUT2D eigenvalue weighted by molar-refractivity contribution is 5.24. The summed E-state index contributed by atoms with van der Waals surface area (Å²) in [4.78, 5) is 0. The van der Waals surface area contributed by atoms with Crippen LogP contribution in [0.3, 0.4) is 0 Å². The highest BCUT2D eigenvalue weighted by Crippen LogP contribution is 2.22. The molecule has 0 fully saturated rings. The number of hydrogen-bond acceptors (Lipinski definition) is 2. The Morgan fingerprint density at radius 1 is 1.22 bits per heavy atom. The first-order chi connectivity index (χ1) is 8.52. The topological polar surface area (TPSA) is 21.3 Å². The second-order valence-corrected chi connectivity index (χ2v) is 5.54. The van der Waals surface area contributed by atoms with E-state index in [9.17, 15) is 0 Å². The largest absolute Gasteiger partial charge is 0.369 e. The predicted octanol–water partition coefficient (Wildman–Crippen LogP) is 3.71. The van der Waals surface area contributed by atoms with E-state index in [1.165, 1.54) is 11.1 Å². The summed E-state index contributed by atoms with van der Waals surface area (Å²) in [6.07, 6.45) is 1.54. The van der Waals surface area contributed by atoms with Gasteiger partial charge in [-0.3, -0.25) is 0 Å². The smallest absolute Gasteiger partial charge is 0.0952 e. The maximum absolute atomic E-state index is 6.18. The zero-order valence-electron chi connectivity index (χ0n) is 12.4. The van der Waals surface area contributed by atoms with E-state index in [0.717, 1.165) is 13.0 Å². The number of likely N-dealkylation sites (N-methyl/N-ethyl adjacent to an activating group) is 1. The zero-order chi connectivity index (χ0) is 13.5. The molecule has 2 atom stereocenters. The van der Waals surface area contributed by atoms with Crippen LogP contribution < -0.4 is 5.32 Å². The number of ether oxygens (including phenoxy) is 1. The average Bonchev–Trinajstić information content (AvgIpc) is 2.27. The van der Waals surface area contributed by atoms with Crippen LogP contribution in [0.5, 0.6) is 0 Å². The van der Waals surface area contributed by atoms with E-state index in [-0.39, 0.29) is 6.10 Å². The Bertz CT molecular complexity index is 349. The van der Waals surface area contributed by atoms with Crippen molar-refractivity contribution in [2.75, 3.05) is 13.6 Å². The van der Waals surface area contributed by atoms with Crippen molar-refractivity contribution in [3.8, 4) is 0 Å². The summed E-state index contributed by atoms with van der Waals surface area (Å²) in [7, 11) is 1.97. The molecule has 0 aliphatic heterocycles. The van der Waals surface area contributed by atoms with Gasteiger partial charge in [-0.1, -0.05) is 43.7 Å². The van der Waals surface area contributed by atoms with Crippen LogP contribution in [0.4, 0.5) is 0 Å². The third-order valence-corrected chi connectivity index (χ3v) is 3.00. The maximum atomic E-state index is 6.18. The molecule has 0 aliphatic carbocycles. The minimum absolute atomic E-state index is 0.142. The molecule has 0 amide bonds. The number of nitrogens with one attached hydrogen (secondary N) is 1. The van der Waals surface area contributed by atoms with E-state index < -0.39 is 0 Å². The molecule has 0 radical (unpaired) electrons. The van der Waals surface area contributed by atoms with Crippen LogP contribution in [0.15, 0.2) is 24.3 Å². The fraction of sp³-hybridized carbons (Fsp3) is 0.625. The first-order valence-electron chi connectivity index (χ1n) is 6.89. The Hall–Kier alpha value is -0.860. The van der Waals surface area contributed by atoms with Crippen LogP contribution in [0, 0.1) is 12.8 Å². The van der Waals surface area contributed by atoms with Gasteiger partial charge in [0.2, 0.25) is 0 Å². The Morgan fingerprint density at radius 3 is 2.50 bits per heavy atom. The fourth-order valence-electron chi connectivity index (χ4n) is 2.30. The predicted molar refractivity (Wildman–Crippen MR) is 77.8 cm³/mol. The number of hydrogen-bond donors (Lipinski definition) is 1. The monoisotopic (exact) mass is 249 g/mol. The van der Waals surface area contributed by atoms with Gasteiger partial charge in [-0.15, -0.1) is 0 Å². The molecule has 0 aliphatic rings. The number of rotatable bonds is 7. The molecule has 0 bridgehead atoms. The molecule has 1 N–H and O–H groups in total. The summed E-state index contributed by atoms with van der Waals surface area (Å²) in [5, 5.41) is 3.22. The van der Waals surface area contributed by atoms with Crippen LogP contribution in [0.2, 0.25) is 0 Å². The second kappa shape index (κ2) is 7.55. The summed E-state index contributed by atoms with van der Waals surface area (Å²) >= 11 is 0. The van der Waals surface area contributed by atoms with E-state index in [1.54, 1.807) is 0 Å². The van der Waals surface area contributed by atoms with E-state index in [4.69, 9.17) is 4.74 Å². The maximum Gasteiger partial charge on any atom is 0.0952 e. The molecule has 0 saturated carbocycles. The molecule has 1 rings (SSSR count). The molecule has 0 spiro atoms. The van der Waals surface area contributed by atoms with Crippen molar-refractivity contribution < 1.29 is 4.74 Å². The lowest BCUT2D eigenvalue weighted by molar-refractivity contribution is -0.0118. The standard InChI is InChI=1S/C16H27NO/c1-12(2)9-14(4)18-16(11-17-5)15-8-6-7-13(3)10-15/h6-8,10,12,14,16-17H,9,11H2,1-5H3. The van der Waals surface area contributed by atoms with Crippen molar-refractivity contribution in [1.29, 1.82) is 0 Å². The van der Waals surface area contributed by atoms with Crippen molar-refractivity contribution in [2.45, 2.75) is 46.3 Å². The molecule has 2 nitrogen and oxygen atoms in total. The Labute approximate surface area is 112 Å². The molecule has 1 aromatic carbocycles. The van der Waals surface area contributed by atoms with Gasteiger partial charge in [0, 0.05) is 6.54 Å². The third kappa shape index (κ3) is 5.19. The van der Waals surface area contributed by atoms with Crippen LogP contribution >= 0.6 is 0 Å². The zero-order valence-corrected chi connectivity index (χ0v) is 12.4. The first-order valence-corrected chi connectivity index (χ1v) is 6.89. The van der Waals surface area contributed by atoms with Crippen LogP contribution in [0.1, 0.15) is 44.4 Å². The van der Waals surface area contributed by atoms with E-state index in [0.29, 0.717) is 12.0 Å². The van der Waals surface area contributed by atoms with Gasteiger partial charge >= 0.3 is 0 Å². The summed E-state index contributed by atoms with van der Waals surface area (Å²) in [5.74, 6) is 0.674. The van der Waals surface area contributed by atoms with Crippen molar-refractivity contribution in [3.63, 3.8) is 0 Å². The van der Waals surface area contributed by atoms with Crippen LogP contribution in [-0.4, -0.2) is 19.7 Å². The van der Waals surface area contributed by atoms with Crippen molar-refractivity contribution in [2.24, 2.45) is 5.92 Å². The molecule has 2 unspecified atom stereocenters. The minimum Gasteiger partial charge on any atom is -0.369 e. The normalized spacial score (nSPS) is 14.8. The lowest BCUT2D eigenvalue weighted by Crippen LogP contribution is -2.24. The van der Waals surface area contributed by atoms with Crippen molar-refractivity contribution in [3.05, 3.63) is 35.4 Å². The fourth-order valence-corrected chi connectivity index (χ4v) is 2.30. The van der Waals surface area contributed by atoms with Gasteiger partial charge in [0.15, 0.2) is 0 Å². The van der Waals surface area contributed by atoms with Gasteiger partial charge < -0.3 is 10.1 Å². The van der Waals surface area contributed by atoms with E-state index in [1.807, 2.05) is 7.05 Å². The van der Waals surface area contributed by atoms with Gasteiger partial charge in [0.05, 0.1) is 12.2 Å². The summed E-state index contributed by atoms with van der Waals surface area (Å²) in [6, 6.07) is 8.59. The number of aryl methyl sites for hydroxylation is 1. The van der Waals surface area contributed by atoms with Gasteiger partial charge in [-0.25, -0.2) is 0 Å². The molecule has 0 aromatic heterocycles. The second-order valence-electron chi connectivity index (χ2n) is 5.54. The molecule has 0 saturated heterocycles. The van der Waals surface area contributed by atoms with Gasteiger partial charge in [0.1, 0.15) is 0 Å². The average molecular weight is 249 g/mol. The van der Waals surface area contributed by atoms with Crippen LogP contribution in [0.25, 0.3) is 0 Å². The van der Waals surface area contributed by atoms with Crippen molar-refractivity contribution >= 4 is 0 Å². The lowest BCUT2D eigenvalue weighted by atomic mass is 10.0. The molecule has 1 aromatic rings. The molecule has 18 heavy (non-hydrogen) atoms. The molecule has 102 valence electrons. The molecule has 2 heteroatoms. The Morgan fingerprint density at radius 2 is 1.94 bits per heavy atom. The Balaban J connectivity index is 2.70. The van der Waals surface area contributed by atoms with Gasteiger partial charge in [0.25, 0.3) is 0 Å². The van der Waals surface area contributed by atoms with Gasteiger partial charge in [-0.2, -0.15) is 0 Å².